The van der Waals surface area contributed by atoms with Crippen molar-refractivity contribution in [1.82, 2.24) is 0 Å². The average molecular weight is 142 g/mol. The SMILES string of the molecule is CC[C@@H](C)C(=O)CC(C)C. The van der Waals surface area contributed by atoms with E-state index >= 15 is 0 Å². The van der Waals surface area contributed by atoms with Crippen molar-refractivity contribution in [2.45, 2.75) is 40.5 Å². The molecular formula is C9H18O. The molecule has 0 fully saturated rings. The fourth-order valence-electron chi connectivity index (χ4n) is 0.831. The first-order chi connectivity index (χ1) is 4.57. The molecule has 0 rings (SSSR count). The van der Waals surface area contributed by atoms with E-state index in [0.717, 1.165) is 12.8 Å². The lowest BCUT2D eigenvalue weighted by atomic mass is 9.96. The molecule has 0 N–H and O–H groups in total. The van der Waals surface area contributed by atoms with Crippen LogP contribution in [0.1, 0.15) is 40.5 Å². The highest BCUT2D eigenvalue weighted by molar-refractivity contribution is 5.80. The number of Topliss-reactive ketones (excluding diaryl/α,β-unsaturated/α-hetero) is 1. The molecule has 0 bridgehead atoms. The van der Waals surface area contributed by atoms with Gasteiger partial charge in [0.2, 0.25) is 0 Å². The zero-order valence-electron chi connectivity index (χ0n) is 7.48. The molecule has 0 heterocycles. The van der Waals surface area contributed by atoms with Gasteiger partial charge in [-0.1, -0.05) is 27.7 Å². The Morgan fingerprint density at radius 3 is 2.10 bits per heavy atom. The standard InChI is InChI=1S/C9H18O/c1-5-8(4)9(10)6-7(2)3/h7-8H,5-6H2,1-4H3/t8-/m1/s1. The molecule has 60 valence electrons. The first-order valence-electron chi connectivity index (χ1n) is 4.10. The lowest BCUT2D eigenvalue weighted by Crippen LogP contribution is -2.11. The first-order valence-corrected chi connectivity index (χ1v) is 4.10. The van der Waals surface area contributed by atoms with E-state index in [4.69, 9.17) is 0 Å². The van der Waals surface area contributed by atoms with Crippen molar-refractivity contribution in [3.63, 3.8) is 0 Å². The Morgan fingerprint density at radius 1 is 1.30 bits per heavy atom. The van der Waals surface area contributed by atoms with Crippen molar-refractivity contribution >= 4 is 5.78 Å². The fraction of sp³-hybridized carbons (Fsp3) is 0.889. The van der Waals surface area contributed by atoms with Gasteiger partial charge in [0.25, 0.3) is 0 Å². The van der Waals surface area contributed by atoms with Crippen molar-refractivity contribution in [2.75, 3.05) is 0 Å². The van der Waals surface area contributed by atoms with E-state index in [1.807, 2.05) is 6.92 Å². The van der Waals surface area contributed by atoms with Gasteiger partial charge in [0.15, 0.2) is 0 Å². The zero-order valence-corrected chi connectivity index (χ0v) is 7.48. The summed E-state index contributed by atoms with van der Waals surface area (Å²) in [6.45, 7) is 8.23. The Balaban J connectivity index is 3.62. The number of hydrogen-bond donors (Lipinski definition) is 0. The maximum absolute atomic E-state index is 11.2. The van der Waals surface area contributed by atoms with Crippen LogP contribution in [-0.4, -0.2) is 5.78 Å². The highest BCUT2D eigenvalue weighted by Crippen LogP contribution is 2.09. The number of hydrogen-bond acceptors (Lipinski definition) is 1. The molecular weight excluding hydrogens is 124 g/mol. The number of rotatable bonds is 4. The summed E-state index contributed by atoms with van der Waals surface area (Å²) >= 11 is 0. The van der Waals surface area contributed by atoms with Gasteiger partial charge in [-0.3, -0.25) is 4.79 Å². The molecule has 0 aromatic rings. The van der Waals surface area contributed by atoms with Gasteiger partial charge in [0.05, 0.1) is 0 Å². The van der Waals surface area contributed by atoms with E-state index in [0.29, 0.717) is 11.7 Å². The molecule has 0 unspecified atom stereocenters. The normalized spacial score (nSPS) is 13.7. The third-order valence-corrected chi connectivity index (χ3v) is 1.77. The molecule has 0 aliphatic carbocycles. The number of carbonyl (C=O) groups is 1. The second-order valence-electron chi connectivity index (χ2n) is 3.37. The van der Waals surface area contributed by atoms with Gasteiger partial charge in [0.1, 0.15) is 5.78 Å². The Hall–Kier alpha value is -0.330. The summed E-state index contributed by atoms with van der Waals surface area (Å²) in [6, 6.07) is 0. The summed E-state index contributed by atoms with van der Waals surface area (Å²) in [7, 11) is 0. The molecule has 1 atom stereocenters. The van der Waals surface area contributed by atoms with E-state index < -0.39 is 0 Å². The van der Waals surface area contributed by atoms with Gasteiger partial charge < -0.3 is 0 Å². The average Bonchev–Trinajstić information content (AvgIpc) is 1.85. The summed E-state index contributed by atoms with van der Waals surface area (Å²) in [6.07, 6.45) is 1.72. The largest absolute Gasteiger partial charge is 0.299 e. The van der Waals surface area contributed by atoms with E-state index in [-0.39, 0.29) is 5.92 Å². The van der Waals surface area contributed by atoms with Crippen molar-refractivity contribution < 1.29 is 4.79 Å². The van der Waals surface area contributed by atoms with Gasteiger partial charge in [-0.15, -0.1) is 0 Å². The molecule has 0 amide bonds. The van der Waals surface area contributed by atoms with E-state index in [2.05, 4.69) is 20.8 Å². The van der Waals surface area contributed by atoms with E-state index in [9.17, 15) is 4.79 Å². The summed E-state index contributed by atoms with van der Waals surface area (Å²) in [5.41, 5.74) is 0. The van der Waals surface area contributed by atoms with Crippen LogP contribution in [0, 0.1) is 11.8 Å². The van der Waals surface area contributed by atoms with Crippen LogP contribution in [-0.2, 0) is 4.79 Å². The molecule has 1 heteroatoms. The van der Waals surface area contributed by atoms with Crippen molar-refractivity contribution in [3.8, 4) is 0 Å². The second-order valence-corrected chi connectivity index (χ2v) is 3.37. The summed E-state index contributed by atoms with van der Waals surface area (Å²) in [4.78, 5) is 11.2. The van der Waals surface area contributed by atoms with Crippen LogP contribution < -0.4 is 0 Å². The molecule has 0 saturated carbocycles. The molecule has 0 saturated heterocycles. The smallest absolute Gasteiger partial charge is 0.135 e. The molecule has 0 aromatic heterocycles. The lowest BCUT2D eigenvalue weighted by Gasteiger charge is -2.08. The highest BCUT2D eigenvalue weighted by atomic mass is 16.1. The number of carbonyl (C=O) groups excluding carboxylic acids is 1. The maximum atomic E-state index is 11.2. The van der Waals surface area contributed by atoms with E-state index in [1.165, 1.54) is 0 Å². The molecule has 0 aliphatic heterocycles. The Morgan fingerprint density at radius 2 is 1.80 bits per heavy atom. The summed E-state index contributed by atoms with van der Waals surface area (Å²) in [5, 5.41) is 0. The van der Waals surface area contributed by atoms with Gasteiger partial charge >= 0.3 is 0 Å². The fourth-order valence-corrected chi connectivity index (χ4v) is 0.831. The molecule has 0 aromatic carbocycles. The molecule has 1 nitrogen and oxygen atoms in total. The molecule has 10 heavy (non-hydrogen) atoms. The first kappa shape index (κ1) is 9.67. The molecule has 0 radical (unpaired) electrons. The van der Waals surface area contributed by atoms with Gasteiger partial charge in [-0.05, 0) is 12.3 Å². The third kappa shape index (κ3) is 3.65. The minimum atomic E-state index is 0.266. The zero-order chi connectivity index (χ0) is 8.15. The summed E-state index contributed by atoms with van der Waals surface area (Å²) < 4.78 is 0. The van der Waals surface area contributed by atoms with Crippen molar-refractivity contribution in [3.05, 3.63) is 0 Å². The monoisotopic (exact) mass is 142 g/mol. The Kier molecular flexibility index (Phi) is 4.33. The predicted molar refractivity (Wildman–Crippen MR) is 43.9 cm³/mol. The lowest BCUT2D eigenvalue weighted by molar-refractivity contribution is -0.123. The van der Waals surface area contributed by atoms with Crippen LogP contribution in [0.5, 0.6) is 0 Å². The van der Waals surface area contributed by atoms with E-state index in [1.54, 1.807) is 0 Å². The molecule has 0 spiro atoms. The summed E-state index contributed by atoms with van der Waals surface area (Å²) in [5.74, 6) is 1.20. The second kappa shape index (κ2) is 4.48. The van der Waals surface area contributed by atoms with Gasteiger partial charge in [-0.25, -0.2) is 0 Å². The van der Waals surface area contributed by atoms with Crippen LogP contribution in [0.4, 0.5) is 0 Å². The van der Waals surface area contributed by atoms with Crippen LogP contribution in [0.25, 0.3) is 0 Å². The third-order valence-electron chi connectivity index (χ3n) is 1.77. The minimum absolute atomic E-state index is 0.266. The van der Waals surface area contributed by atoms with Crippen LogP contribution in [0.3, 0.4) is 0 Å². The van der Waals surface area contributed by atoms with Crippen molar-refractivity contribution in [1.29, 1.82) is 0 Å². The predicted octanol–water partition coefficient (Wildman–Crippen LogP) is 2.65. The topological polar surface area (TPSA) is 17.1 Å². The Bertz CT molecular complexity index is 105. The maximum Gasteiger partial charge on any atom is 0.135 e. The van der Waals surface area contributed by atoms with Crippen LogP contribution >= 0.6 is 0 Å². The Labute approximate surface area is 63.8 Å². The van der Waals surface area contributed by atoms with Crippen LogP contribution in [0.15, 0.2) is 0 Å². The number of ketones is 1. The van der Waals surface area contributed by atoms with Gasteiger partial charge in [0, 0.05) is 12.3 Å². The highest BCUT2D eigenvalue weighted by Gasteiger charge is 2.11. The minimum Gasteiger partial charge on any atom is -0.299 e. The quantitative estimate of drug-likeness (QED) is 0.589. The van der Waals surface area contributed by atoms with Gasteiger partial charge in [-0.2, -0.15) is 0 Å². The molecule has 0 aliphatic rings. The van der Waals surface area contributed by atoms with Crippen molar-refractivity contribution in [2.24, 2.45) is 11.8 Å². The van der Waals surface area contributed by atoms with Crippen LogP contribution in [0.2, 0.25) is 0 Å².